The van der Waals surface area contributed by atoms with Gasteiger partial charge in [0.05, 0.1) is 45.5 Å². The average molecular weight is 1790 g/mol. The van der Waals surface area contributed by atoms with Crippen LogP contribution in [-0.4, -0.2) is 63.8 Å². The molecule has 0 radical (unpaired) electrons. The molecular formula is C102H94F6N7O4Pt-. The van der Waals surface area contributed by atoms with Gasteiger partial charge in [0.15, 0.2) is 0 Å². The predicted molar refractivity (Wildman–Crippen MR) is 471 cm³/mol. The molecule has 6 heterocycles. The molecule has 614 valence electrons. The van der Waals surface area contributed by atoms with Crippen LogP contribution in [0.4, 0.5) is 26.3 Å². The van der Waals surface area contributed by atoms with Crippen LogP contribution in [0.3, 0.4) is 0 Å². The Bertz CT molecular complexity index is 6260. The van der Waals surface area contributed by atoms with Gasteiger partial charge >= 0.3 is 12.4 Å². The third kappa shape index (κ3) is 18.8. The summed E-state index contributed by atoms with van der Waals surface area (Å²) in [6.07, 6.45) is -3.80. The van der Waals surface area contributed by atoms with Crippen molar-refractivity contribution < 1.29 is 66.5 Å². The smallest absolute Gasteiger partial charge is 0.455 e. The number of hydrogen-bond donors (Lipinski definition) is 1. The van der Waals surface area contributed by atoms with Crippen LogP contribution in [0.15, 0.2) is 283 Å². The molecule has 17 rings (SSSR count). The predicted octanol–water partition coefficient (Wildman–Crippen LogP) is 27.6. The Labute approximate surface area is 709 Å². The van der Waals surface area contributed by atoms with Crippen LogP contribution >= 0.6 is 0 Å². The summed E-state index contributed by atoms with van der Waals surface area (Å²) in [5.74, 6) is -2.47. The SMILES string of the molecule is CCC(C)COc1ccc(C(C(=O)C(F)(F)F)=C(O)C(F)(F)F)cc1.CCC(C)Cc1ccc(-c2cc(-n3c4ccccc4c4ccccc43)cc(-n3c4ccccc4c4ccccc43)c2)cc1.CCC(C)Cc1ccc(-c2ccc(-c3nnc(-c4ccc(C(C)(C)C)cc4)o3)cc2)cc1.Cc1cc2c3cccc(C)c3c3ncc[c-]c3n2n1.[Pt]. The van der Waals surface area contributed by atoms with Gasteiger partial charge < -0.3 is 28.4 Å². The number of Topliss-reactive ketones (excluding diaryl/α,β-unsaturated/α-hetero) is 1. The number of aryl methyl sites for hydroxylation is 2. The van der Waals surface area contributed by atoms with Crippen molar-refractivity contribution in [1.82, 2.24) is 33.9 Å². The van der Waals surface area contributed by atoms with Gasteiger partial charge in [0, 0.05) is 65.1 Å². The Morgan fingerprint density at radius 1 is 0.492 bits per heavy atom. The molecule has 0 spiro atoms. The first-order chi connectivity index (χ1) is 57.1. The summed E-state index contributed by atoms with van der Waals surface area (Å²) in [4.78, 5) is 15.9. The maximum Gasteiger partial charge on any atom is 0.455 e. The molecule has 120 heavy (non-hydrogen) atoms. The second-order valence-electron chi connectivity index (χ2n) is 31.9. The number of para-hydroxylation sites is 4. The van der Waals surface area contributed by atoms with Crippen LogP contribution < -0.4 is 4.74 Å². The molecule has 0 aliphatic rings. The number of carbonyl (C=O) groups is 1. The number of halogens is 6. The first-order valence-corrected chi connectivity index (χ1v) is 40.4. The maximum atomic E-state index is 12.6. The average Bonchev–Trinajstić information content (AvgIpc) is 1.56. The zero-order valence-corrected chi connectivity index (χ0v) is 71.1. The van der Waals surface area contributed by atoms with Crippen molar-refractivity contribution in [2.75, 3.05) is 6.61 Å². The van der Waals surface area contributed by atoms with E-state index in [1.807, 2.05) is 55.6 Å². The number of aromatic nitrogens is 7. The van der Waals surface area contributed by atoms with Gasteiger partial charge in [0.2, 0.25) is 17.5 Å². The van der Waals surface area contributed by atoms with Crippen LogP contribution in [0.1, 0.15) is 115 Å². The Kier molecular flexibility index (Phi) is 26.1. The van der Waals surface area contributed by atoms with E-state index in [-0.39, 0.29) is 38.1 Å². The number of ether oxygens (including phenoxy) is 1. The number of fused-ring (bicyclic) bond motifs is 12. The van der Waals surface area contributed by atoms with E-state index in [4.69, 9.17) is 14.3 Å². The van der Waals surface area contributed by atoms with E-state index in [9.17, 15) is 31.1 Å². The van der Waals surface area contributed by atoms with Crippen LogP contribution in [0.5, 0.6) is 5.75 Å². The van der Waals surface area contributed by atoms with Crippen molar-refractivity contribution >= 4 is 82.3 Å². The number of allylic oxidation sites excluding steroid dienone is 2. The molecule has 0 saturated carbocycles. The quantitative estimate of drug-likeness (QED) is 0.0296. The van der Waals surface area contributed by atoms with E-state index in [2.05, 4.69) is 303 Å². The summed E-state index contributed by atoms with van der Waals surface area (Å²) in [5.41, 5.74) is 20.8. The van der Waals surface area contributed by atoms with Crippen molar-refractivity contribution in [1.29, 1.82) is 0 Å². The normalized spacial score (nSPS) is 12.8. The fourth-order valence-corrected chi connectivity index (χ4v) is 15.0. The van der Waals surface area contributed by atoms with Crippen molar-refractivity contribution in [3.05, 3.63) is 318 Å². The molecule has 17 aromatic rings. The largest absolute Gasteiger partial charge is 0.504 e. The summed E-state index contributed by atoms with van der Waals surface area (Å²) in [6.45, 7) is 24.0. The summed E-state index contributed by atoms with van der Waals surface area (Å²) in [7, 11) is 0. The van der Waals surface area contributed by atoms with Crippen LogP contribution in [0.2, 0.25) is 0 Å². The van der Waals surface area contributed by atoms with Crippen molar-refractivity contribution in [3.63, 3.8) is 0 Å². The third-order valence-corrected chi connectivity index (χ3v) is 22.2. The molecule has 1 N–H and O–H groups in total. The summed E-state index contributed by atoms with van der Waals surface area (Å²) in [6, 6.07) is 94.4. The van der Waals surface area contributed by atoms with Gasteiger partial charge in [0.25, 0.3) is 5.78 Å². The monoisotopic (exact) mass is 1790 g/mol. The van der Waals surface area contributed by atoms with Gasteiger partial charge in [-0.2, -0.15) is 43.6 Å². The first-order valence-electron chi connectivity index (χ1n) is 40.4. The van der Waals surface area contributed by atoms with Crippen LogP contribution in [0, 0.1) is 37.7 Å². The van der Waals surface area contributed by atoms with Crippen molar-refractivity contribution in [2.45, 2.75) is 126 Å². The zero-order valence-electron chi connectivity index (χ0n) is 68.8. The van der Waals surface area contributed by atoms with E-state index in [1.165, 1.54) is 112 Å². The molecular weight excluding hydrogens is 1700 g/mol. The van der Waals surface area contributed by atoms with E-state index in [0.29, 0.717) is 24.3 Å². The van der Waals surface area contributed by atoms with Gasteiger partial charge in [0.1, 0.15) is 5.75 Å². The summed E-state index contributed by atoms with van der Waals surface area (Å²) in [5, 5.41) is 29.7. The van der Waals surface area contributed by atoms with E-state index >= 15 is 0 Å². The summed E-state index contributed by atoms with van der Waals surface area (Å²) < 4.78 is 93.7. The zero-order chi connectivity index (χ0) is 84.0. The molecule has 0 bridgehead atoms. The minimum atomic E-state index is -5.57. The number of rotatable bonds is 18. The van der Waals surface area contributed by atoms with Crippen LogP contribution in [0.25, 0.3) is 133 Å². The fraction of sp³-hybridized carbons (Fsp3) is 0.225. The topological polar surface area (TPSA) is 126 Å². The van der Waals surface area contributed by atoms with Gasteiger partial charge in [-0.05, 0) is 201 Å². The third-order valence-electron chi connectivity index (χ3n) is 22.2. The second-order valence-corrected chi connectivity index (χ2v) is 31.9. The van der Waals surface area contributed by atoms with E-state index in [1.54, 1.807) is 6.20 Å². The van der Waals surface area contributed by atoms with Crippen molar-refractivity contribution in [3.8, 4) is 62.3 Å². The number of hydrogen-bond acceptors (Lipinski definition) is 8. The number of aliphatic hydroxyl groups excluding tert-OH is 1. The molecule has 0 saturated heterocycles. The van der Waals surface area contributed by atoms with E-state index in [0.717, 1.165) is 94.2 Å². The number of ketones is 1. The minimum Gasteiger partial charge on any atom is -0.504 e. The molecule has 11 aromatic carbocycles. The number of carbonyl (C=O) groups excluding carboxylic acids is 1. The number of alkyl halides is 6. The molecule has 0 amide bonds. The van der Waals surface area contributed by atoms with Gasteiger partial charge in [-0.1, -0.05) is 269 Å². The van der Waals surface area contributed by atoms with Gasteiger partial charge in [-0.15, -0.1) is 10.2 Å². The van der Waals surface area contributed by atoms with Crippen molar-refractivity contribution in [2.24, 2.45) is 17.8 Å². The second kappa shape index (κ2) is 36.6. The number of nitrogens with zero attached hydrogens (tertiary/aromatic N) is 7. The first kappa shape index (κ1) is 85.7. The molecule has 3 atom stereocenters. The Hall–Kier alpha value is -12.2. The standard InChI is InChI=1S/C41H34N2.C29H32N2O.C16H16F6O3.C16H12N3.Pt/c1-3-28(2)24-29-20-22-30(23-21-29)31-25-32(42-38-16-8-4-12-34(38)35-13-5-9-17-39(35)42)27-33(26-31)43-40-18-10-6-14-36(40)37-15-7-11-19-41(37)43;1-6-20(2)19-21-7-9-22(10-8-21)23-11-13-24(14-12-23)27-30-31-28(32-27)25-15-17-26(18-16-25)29(3,4)5;1-3-9(2)8-25-11-6-4-10(5-7-11)12(13(23)15(17,18)19)14(24)16(20,21)22;1-10-5-3-6-12-14-9-11(2)18-19(14)13-7-4-8-17-16(13)15(10)12;/h4-23,25-28H,3,24H2,1-2H3;7-18,20H,6,19H2,1-5H3;4-7,9,23H,3,8H2,1-2H3;3-6,8-9H,1-2H3;/q;;;-1;. The maximum absolute atomic E-state index is 12.6. The number of aliphatic hydroxyl groups is 1. The Balaban J connectivity index is 0.000000144. The van der Waals surface area contributed by atoms with E-state index < -0.39 is 35.0 Å². The molecule has 3 unspecified atom stereocenters. The molecule has 18 heteroatoms. The minimum absolute atomic E-state index is 0. The Morgan fingerprint density at radius 2 is 0.925 bits per heavy atom. The molecule has 0 aliphatic carbocycles. The summed E-state index contributed by atoms with van der Waals surface area (Å²) >= 11 is 0. The molecule has 0 fully saturated rings. The Morgan fingerprint density at radius 3 is 1.38 bits per heavy atom. The van der Waals surface area contributed by atoms with Crippen LogP contribution in [-0.2, 0) is 44.1 Å². The number of benzene rings is 11. The van der Waals surface area contributed by atoms with Gasteiger partial charge in [-0.25, -0.2) is 0 Å². The number of pyridine rings is 2. The fourth-order valence-electron chi connectivity index (χ4n) is 15.0. The molecule has 6 aromatic heterocycles. The molecule has 0 aliphatic heterocycles. The van der Waals surface area contributed by atoms with Gasteiger partial charge in [-0.3, -0.25) is 9.31 Å². The molecule has 11 nitrogen and oxygen atoms in total.